The van der Waals surface area contributed by atoms with Crippen molar-refractivity contribution in [3.05, 3.63) is 0 Å². The van der Waals surface area contributed by atoms with Crippen LogP contribution in [0.2, 0.25) is 0 Å². The molecule has 70 valence electrons. The van der Waals surface area contributed by atoms with Crippen molar-refractivity contribution in [3.63, 3.8) is 0 Å². The van der Waals surface area contributed by atoms with E-state index in [1.165, 1.54) is 0 Å². The fraction of sp³-hybridized carbons (Fsp3) is 0.875. The topological polar surface area (TPSA) is 51.1 Å². The second-order valence-corrected chi connectivity index (χ2v) is 2.97. The SMILES string of the molecule is CCNCCCN1CCNC1=N. The Morgan fingerprint density at radius 3 is 3.08 bits per heavy atom. The smallest absolute Gasteiger partial charge is 0.191 e. The Hall–Kier alpha value is -0.770. The number of nitrogens with one attached hydrogen (secondary N) is 3. The van der Waals surface area contributed by atoms with E-state index < -0.39 is 0 Å². The minimum atomic E-state index is 0.589. The Bertz CT molecular complexity index is 146. The average Bonchev–Trinajstić information content (AvgIpc) is 2.46. The zero-order chi connectivity index (χ0) is 8.81. The van der Waals surface area contributed by atoms with E-state index in [9.17, 15) is 0 Å². The van der Waals surface area contributed by atoms with E-state index in [0.29, 0.717) is 5.96 Å². The van der Waals surface area contributed by atoms with Crippen molar-refractivity contribution in [2.24, 2.45) is 0 Å². The van der Waals surface area contributed by atoms with Gasteiger partial charge in [0.05, 0.1) is 0 Å². The summed E-state index contributed by atoms with van der Waals surface area (Å²) in [5, 5.41) is 13.7. The summed E-state index contributed by atoms with van der Waals surface area (Å²) < 4.78 is 0. The van der Waals surface area contributed by atoms with Crippen molar-refractivity contribution in [3.8, 4) is 0 Å². The predicted molar refractivity (Wildman–Crippen MR) is 50.5 cm³/mol. The van der Waals surface area contributed by atoms with Crippen molar-refractivity contribution in [1.82, 2.24) is 15.5 Å². The van der Waals surface area contributed by atoms with Crippen LogP contribution in [0.25, 0.3) is 0 Å². The minimum absolute atomic E-state index is 0.589. The molecule has 0 saturated carbocycles. The number of hydrogen-bond donors (Lipinski definition) is 3. The highest BCUT2D eigenvalue weighted by Crippen LogP contribution is 1.95. The van der Waals surface area contributed by atoms with Crippen molar-refractivity contribution in [1.29, 1.82) is 5.41 Å². The maximum atomic E-state index is 7.48. The first-order valence-corrected chi connectivity index (χ1v) is 4.62. The first-order chi connectivity index (χ1) is 5.84. The maximum Gasteiger partial charge on any atom is 0.191 e. The van der Waals surface area contributed by atoms with E-state index >= 15 is 0 Å². The molecule has 1 heterocycles. The van der Waals surface area contributed by atoms with Crippen LogP contribution in [0.4, 0.5) is 0 Å². The highest BCUT2D eigenvalue weighted by atomic mass is 15.3. The van der Waals surface area contributed by atoms with Gasteiger partial charge in [0.15, 0.2) is 5.96 Å². The van der Waals surface area contributed by atoms with Crippen LogP contribution in [0.15, 0.2) is 0 Å². The van der Waals surface area contributed by atoms with Crippen LogP contribution >= 0.6 is 0 Å². The summed E-state index contributed by atoms with van der Waals surface area (Å²) in [6.07, 6.45) is 1.12. The molecule has 3 N–H and O–H groups in total. The summed E-state index contributed by atoms with van der Waals surface area (Å²) >= 11 is 0. The van der Waals surface area contributed by atoms with Crippen LogP contribution in [0.3, 0.4) is 0 Å². The van der Waals surface area contributed by atoms with Crippen molar-refractivity contribution in [2.45, 2.75) is 13.3 Å². The zero-order valence-electron chi connectivity index (χ0n) is 7.69. The van der Waals surface area contributed by atoms with Crippen LogP contribution in [0, 0.1) is 5.41 Å². The average molecular weight is 170 g/mol. The molecular weight excluding hydrogens is 152 g/mol. The lowest BCUT2D eigenvalue weighted by molar-refractivity contribution is 0.441. The van der Waals surface area contributed by atoms with Crippen LogP contribution < -0.4 is 10.6 Å². The Labute approximate surface area is 73.8 Å². The molecule has 1 rings (SSSR count). The summed E-state index contributed by atoms with van der Waals surface area (Å²) in [4.78, 5) is 2.08. The molecule has 0 radical (unpaired) electrons. The molecule has 0 aromatic heterocycles. The van der Waals surface area contributed by atoms with Gasteiger partial charge in [0.25, 0.3) is 0 Å². The number of hydrogen-bond acceptors (Lipinski definition) is 2. The number of guanidine groups is 1. The van der Waals surface area contributed by atoms with Gasteiger partial charge in [-0.2, -0.15) is 0 Å². The molecule has 0 bridgehead atoms. The molecule has 0 aromatic rings. The lowest BCUT2D eigenvalue weighted by Gasteiger charge is -2.15. The zero-order valence-corrected chi connectivity index (χ0v) is 7.69. The predicted octanol–water partition coefficient (Wildman–Crippen LogP) is -0.174. The second kappa shape index (κ2) is 4.98. The summed E-state index contributed by atoms with van der Waals surface area (Å²) in [5.74, 6) is 0.589. The van der Waals surface area contributed by atoms with Crippen LogP contribution in [0.1, 0.15) is 13.3 Å². The van der Waals surface area contributed by atoms with Gasteiger partial charge in [0.1, 0.15) is 0 Å². The van der Waals surface area contributed by atoms with E-state index in [1.807, 2.05) is 0 Å². The molecule has 4 heteroatoms. The van der Waals surface area contributed by atoms with E-state index in [0.717, 1.165) is 39.1 Å². The summed E-state index contributed by atoms with van der Waals surface area (Å²) in [6, 6.07) is 0. The number of nitrogens with zero attached hydrogens (tertiary/aromatic N) is 1. The van der Waals surface area contributed by atoms with Gasteiger partial charge in [-0.1, -0.05) is 6.92 Å². The highest BCUT2D eigenvalue weighted by Gasteiger charge is 2.14. The molecule has 1 aliphatic rings. The Kier molecular flexibility index (Phi) is 3.87. The molecule has 1 saturated heterocycles. The third-order valence-electron chi connectivity index (χ3n) is 2.02. The molecule has 0 atom stereocenters. The lowest BCUT2D eigenvalue weighted by Crippen LogP contribution is -2.31. The van der Waals surface area contributed by atoms with Gasteiger partial charge < -0.3 is 15.5 Å². The van der Waals surface area contributed by atoms with Crippen LogP contribution in [0.5, 0.6) is 0 Å². The van der Waals surface area contributed by atoms with E-state index in [-0.39, 0.29) is 0 Å². The standard InChI is InChI=1S/C8H18N4/c1-2-10-4-3-6-12-7-5-11-8(12)9/h10H,2-7H2,1H3,(H2,9,11). The monoisotopic (exact) mass is 170 g/mol. The van der Waals surface area contributed by atoms with Gasteiger partial charge in [-0.3, -0.25) is 5.41 Å². The van der Waals surface area contributed by atoms with Crippen molar-refractivity contribution in [2.75, 3.05) is 32.7 Å². The fourth-order valence-electron chi connectivity index (χ4n) is 1.33. The summed E-state index contributed by atoms with van der Waals surface area (Å²) in [5.41, 5.74) is 0. The molecule has 12 heavy (non-hydrogen) atoms. The van der Waals surface area contributed by atoms with Gasteiger partial charge in [-0.25, -0.2) is 0 Å². The fourth-order valence-corrected chi connectivity index (χ4v) is 1.33. The third kappa shape index (κ3) is 2.70. The largest absolute Gasteiger partial charge is 0.355 e. The molecule has 1 aliphatic heterocycles. The van der Waals surface area contributed by atoms with Crippen LogP contribution in [-0.2, 0) is 0 Å². The Morgan fingerprint density at radius 1 is 1.67 bits per heavy atom. The highest BCUT2D eigenvalue weighted by molar-refractivity contribution is 5.78. The molecule has 0 spiro atoms. The van der Waals surface area contributed by atoms with Gasteiger partial charge in [-0.15, -0.1) is 0 Å². The maximum absolute atomic E-state index is 7.48. The Morgan fingerprint density at radius 2 is 2.50 bits per heavy atom. The lowest BCUT2D eigenvalue weighted by atomic mass is 10.4. The van der Waals surface area contributed by atoms with E-state index in [4.69, 9.17) is 5.41 Å². The molecule has 0 unspecified atom stereocenters. The molecule has 0 amide bonds. The van der Waals surface area contributed by atoms with Gasteiger partial charge in [0, 0.05) is 19.6 Å². The molecule has 0 aromatic carbocycles. The molecular formula is C8H18N4. The van der Waals surface area contributed by atoms with Gasteiger partial charge >= 0.3 is 0 Å². The molecule has 1 fully saturated rings. The first-order valence-electron chi connectivity index (χ1n) is 4.62. The normalized spacial score (nSPS) is 16.8. The van der Waals surface area contributed by atoms with E-state index in [1.54, 1.807) is 0 Å². The van der Waals surface area contributed by atoms with Crippen LogP contribution in [-0.4, -0.2) is 43.6 Å². The minimum Gasteiger partial charge on any atom is -0.355 e. The Balaban J connectivity index is 2.02. The third-order valence-corrected chi connectivity index (χ3v) is 2.02. The first kappa shape index (κ1) is 9.32. The van der Waals surface area contributed by atoms with Crippen molar-refractivity contribution < 1.29 is 0 Å². The molecule has 0 aliphatic carbocycles. The molecule has 4 nitrogen and oxygen atoms in total. The van der Waals surface area contributed by atoms with Crippen molar-refractivity contribution >= 4 is 5.96 Å². The summed E-state index contributed by atoms with van der Waals surface area (Å²) in [6.45, 7) is 7.12. The quantitative estimate of drug-likeness (QED) is 0.502. The number of rotatable bonds is 5. The van der Waals surface area contributed by atoms with Gasteiger partial charge in [0.2, 0.25) is 0 Å². The van der Waals surface area contributed by atoms with E-state index in [2.05, 4.69) is 22.5 Å². The van der Waals surface area contributed by atoms with Gasteiger partial charge in [-0.05, 0) is 19.5 Å². The summed E-state index contributed by atoms with van der Waals surface area (Å²) in [7, 11) is 0. The second-order valence-electron chi connectivity index (χ2n) is 2.97.